The van der Waals surface area contributed by atoms with E-state index in [-0.39, 0.29) is 42.2 Å². The second kappa shape index (κ2) is 12.2. The Labute approximate surface area is 182 Å². The Morgan fingerprint density at radius 2 is 1.86 bits per heavy atom. The largest absolute Gasteiger partial charge is 0.508 e. The molecule has 0 aliphatic heterocycles. The lowest BCUT2D eigenvalue weighted by Crippen LogP contribution is -2.41. The van der Waals surface area contributed by atoms with Crippen LogP contribution < -0.4 is 16.0 Å². The highest BCUT2D eigenvalue weighted by molar-refractivity contribution is 14.0. The number of anilines is 1. The van der Waals surface area contributed by atoms with E-state index in [4.69, 9.17) is 4.52 Å². The lowest BCUT2D eigenvalue weighted by atomic mass is 10.1. The highest BCUT2D eigenvalue weighted by atomic mass is 127. The molecule has 1 amide bonds. The number of aryl methyl sites for hydroxylation is 2. The van der Waals surface area contributed by atoms with Crippen molar-refractivity contribution in [1.29, 1.82) is 0 Å². The quantitative estimate of drug-likeness (QED) is 0.192. The van der Waals surface area contributed by atoms with E-state index in [2.05, 4.69) is 26.1 Å². The number of hydrogen-bond acceptors (Lipinski definition) is 5. The number of aromatic nitrogens is 1. The standard InChI is InChI=1S/C19H27N5O3.HI/c1-4-16-15(17(5-2)27-24-16)11-21-19(20-6-3)22-12-18(26)23-13-7-9-14(25)10-8-13;/h7-10,25H,4-6,11-12H2,1-3H3,(H,23,26)(H2,20,21,22);1H. The fourth-order valence-electron chi connectivity index (χ4n) is 2.53. The van der Waals surface area contributed by atoms with E-state index in [1.54, 1.807) is 12.1 Å². The Balaban J connectivity index is 0.00000392. The van der Waals surface area contributed by atoms with Gasteiger partial charge in [0.15, 0.2) is 5.96 Å². The van der Waals surface area contributed by atoms with Crippen LogP contribution in [0, 0.1) is 0 Å². The van der Waals surface area contributed by atoms with E-state index in [0.717, 1.165) is 29.9 Å². The zero-order valence-corrected chi connectivity index (χ0v) is 18.7. The van der Waals surface area contributed by atoms with Gasteiger partial charge in [0.05, 0.1) is 18.8 Å². The smallest absolute Gasteiger partial charge is 0.243 e. The lowest BCUT2D eigenvalue weighted by Gasteiger charge is -2.11. The highest BCUT2D eigenvalue weighted by Crippen LogP contribution is 2.17. The maximum Gasteiger partial charge on any atom is 0.243 e. The average Bonchev–Trinajstić information content (AvgIpc) is 3.07. The lowest BCUT2D eigenvalue weighted by molar-refractivity contribution is -0.115. The van der Waals surface area contributed by atoms with E-state index < -0.39 is 0 Å². The maximum atomic E-state index is 12.1. The Kier molecular flexibility index (Phi) is 10.4. The number of phenolic OH excluding ortho intramolecular Hbond substituents is 1. The van der Waals surface area contributed by atoms with E-state index in [1.165, 1.54) is 12.1 Å². The summed E-state index contributed by atoms with van der Waals surface area (Å²) in [6, 6.07) is 6.31. The molecule has 0 fully saturated rings. The monoisotopic (exact) mass is 501 g/mol. The van der Waals surface area contributed by atoms with Gasteiger partial charge >= 0.3 is 0 Å². The summed E-state index contributed by atoms with van der Waals surface area (Å²) in [4.78, 5) is 16.6. The molecule has 28 heavy (non-hydrogen) atoms. The van der Waals surface area contributed by atoms with Crippen molar-refractivity contribution < 1.29 is 14.4 Å². The van der Waals surface area contributed by atoms with E-state index in [9.17, 15) is 9.90 Å². The Morgan fingerprint density at radius 3 is 2.46 bits per heavy atom. The second-order valence-corrected chi connectivity index (χ2v) is 5.88. The van der Waals surface area contributed by atoms with Gasteiger partial charge in [-0.3, -0.25) is 4.79 Å². The van der Waals surface area contributed by atoms with Crippen LogP contribution in [0.1, 0.15) is 37.8 Å². The first kappa shape index (κ1) is 23.7. The molecule has 0 aliphatic rings. The minimum absolute atomic E-state index is 0. The molecule has 8 nitrogen and oxygen atoms in total. The number of carbonyl (C=O) groups is 1. The molecule has 4 N–H and O–H groups in total. The van der Waals surface area contributed by atoms with Crippen molar-refractivity contribution in [3.8, 4) is 5.75 Å². The summed E-state index contributed by atoms with van der Waals surface area (Å²) in [5.74, 6) is 1.33. The molecule has 1 heterocycles. The Bertz CT molecular complexity index is 753. The molecular weight excluding hydrogens is 473 g/mol. The number of benzene rings is 1. The summed E-state index contributed by atoms with van der Waals surface area (Å²) in [7, 11) is 0. The summed E-state index contributed by atoms with van der Waals surface area (Å²) in [5, 5.41) is 22.3. The average molecular weight is 501 g/mol. The molecule has 0 bridgehead atoms. The van der Waals surface area contributed by atoms with Gasteiger partial charge < -0.3 is 25.6 Å². The molecule has 0 saturated heterocycles. The van der Waals surface area contributed by atoms with Gasteiger partial charge in [0, 0.05) is 24.2 Å². The molecule has 1 aromatic heterocycles. The van der Waals surface area contributed by atoms with Crippen molar-refractivity contribution >= 4 is 41.5 Å². The molecule has 2 rings (SSSR count). The fourth-order valence-corrected chi connectivity index (χ4v) is 2.53. The molecule has 154 valence electrons. The van der Waals surface area contributed by atoms with Crippen LogP contribution in [0.4, 0.5) is 5.69 Å². The summed E-state index contributed by atoms with van der Waals surface area (Å²) < 4.78 is 5.36. The zero-order chi connectivity index (χ0) is 19.6. The third kappa shape index (κ3) is 7.02. The SMILES string of the molecule is CCNC(=NCc1c(CC)noc1CC)NCC(=O)Nc1ccc(O)cc1.I. The Hall–Kier alpha value is -2.30. The van der Waals surface area contributed by atoms with Crippen molar-refractivity contribution in [2.45, 2.75) is 40.2 Å². The molecule has 0 saturated carbocycles. The summed E-state index contributed by atoms with van der Waals surface area (Å²) in [6.45, 7) is 7.19. The van der Waals surface area contributed by atoms with Crippen LogP contribution in [0.15, 0.2) is 33.8 Å². The van der Waals surface area contributed by atoms with Crippen LogP contribution >= 0.6 is 24.0 Å². The molecular formula is C19H28IN5O3. The van der Waals surface area contributed by atoms with Gasteiger partial charge in [-0.15, -0.1) is 24.0 Å². The first-order valence-corrected chi connectivity index (χ1v) is 9.14. The number of aliphatic imine (C=N–C) groups is 1. The van der Waals surface area contributed by atoms with E-state index in [0.29, 0.717) is 24.7 Å². The van der Waals surface area contributed by atoms with Gasteiger partial charge in [0.25, 0.3) is 0 Å². The van der Waals surface area contributed by atoms with Crippen LogP contribution in [0.25, 0.3) is 0 Å². The molecule has 0 radical (unpaired) electrons. The number of hydrogen-bond donors (Lipinski definition) is 4. The topological polar surface area (TPSA) is 112 Å². The number of amides is 1. The van der Waals surface area contributed by atoms with Crippen LogP contribution in [0.3, 0.4) is 0 Å². The van der Waals surface area contributed by atoms with Gasteiger partial charge in [0.2, 0.25) is 5.91 Å². The predicted octanol–water partition coefficient (Wildman–Crippen LogP) is 2.82. The van der Waals surface area contributed by atoms with Crippen molar-refractivity contribution in [2.24, 2.45) is 4.99 Å². The molecule has 0 aliphatic carbocycles. The van der Waals surface area contributed by atoms with Crippen molar-refractivity contribution in [1.82, 2.24) is 15.8 Å². The van der Waals surface area contributed by atoms with Crippen LogP contribution in [-0.4, -0.2) is 35.2 Å². The Morgan fingerprint density at radius 1 is 1.14 bits per heavy atom. The number of carbonyl (C=O) groups excluding carboxylic acids is 1. The number of nitrogens with zero attached hydrogens (tertiary/aromatic N) is 2. The first-order chi connectivity index (χ1) is 13.1. The van der Waals surface area contributed by atoms with Crippen LogP contribution in [0.2, 0.25) is 0 Å². The number of phenols is 1. The third-order valence-corrected chi connectivity index (χ3v) is 3.91. The van der Waals surface area contributed by atoms with Crippen molar-refractivity contribution in [2.75, 3.05) is 18.4 Å². The molecule has 0 atom stereocenters. The van der Waals surface area contributed by atoms with E-state index >= 15 is 0 Å². The minimum Gasteiger partial charge on any atom is -0.508 e. The molecule has 1 aromatic carbocycles. The number of guanidine groups is 1. The van der Waals surface area contributed by atoms with Gasteiger partial charge in [-0.2, -0.15) is 0 Å². The molecule has 9 heteroatoms. The normalized spacial score (nSPS) is 10.9. The fraction of sp³-hybridized carbons (Fsp3) is 0.421. The predicted molar refractivity (Wildman–Crippen MR) is 120 cm³/mol. The summed E-state index contributed by atoms with van der Waals surface area (Å²) in [5.41, 5.74) is 2.54. The summed E-state index contributed by atoms with van der Waals surface area (Å²) >= 11 is 0. The van der Waals surface area contributed by atoms with Crippen LogP contribution in [0.5, 0.6) is 5.75 Å². The second-order valence-electron chi connectivity index (χ2n) is 5.88. The van der Waals surface area contributed by atoms with Gasteiger partial charge in [-0.25, -0.2) is 4.99 Å². The third-order valence-electron chi connectivity index (χ3n) is 3.91. The van der Waals surface area contributed by atoms with Gasteiger partial charge in [0.1, 0.15) is 11.5 Å². The number of halogens is 1. The van der Waals surface area contributed by atoms with Crippen molar-refractivity contribution in [3.63, 3.8) is 0 Å². The number of aromatic hydroxyl groups is 1. The summed E-state index contributed by atoms with van der Waals surface area (Å²) in [6.07, 6.45) is 1.55. The van der Waals surface area contributed by atoms with Gasteiger partial charge in [-0.05, 0) is 37.6 Å². The maximum absolute atomic E-state index is 12.1. The minimum atomic E-state index is -0.209. The number of nitrogens with one attached hydrogen (secondary N) is 3. The zero-order valence-electron chi connectivity index (χ0n) is 16.4. The van der Waals surface area contributed by atoms with Crippen LogP contribution in [-0.2, 0) is 24.2 Å². The highest BCUT2D eigenvalue weighted by Gasteiger charge is 2.13. The molecule has 2 aromatic rings. The van der Waals surface area contributed by atoms with E-state index in [1.807, 2.05) is 20.8 Å². The first-order valence-electron chi connectivity index (χ1n) is 9.14. The van der Waals surface area contributed by atoms with Crippen molar-refractivity contribution in [3.05, 3.63) is 41.3 Å². The molecule has 0 spiro atoms. The molecule has 0 unspecified atom stereocenters. The van der Waals surface area contributed by atoms with Gasteiger partial charge in [-0.1, -0.05) is 19.0 Å². The number of rotatable bonds is 8.